The molecule has 7 heteroatoms. The van der Waals surface area contributed by atoms with Crippen LogP contribution in [0.5, 0.6) is 5.75 Å². The summed E-state index contributed by atoms with van der Waals surface area (Å²) >= 11 is 0. The smallest absolute Gasteiger partial charge is 0.339 e. The number of carbonyl (C=O) groups excluding carboxylic acids is 1. The van der Waals surface area contributed by atoms with E-state index in [0.29, 0.717) is 29.0 Å². The van der Waals surface area contributed by atoms with Crippen molar-refractivity contribution in [2.24, 2.45) is 0 Å². The third-order valence-electron chi connectivity index (χ3n) is 4.62. The molecule has 1 aliphatic heterocycles. The summed E-state index contributed by atoms with van der Waals surface area (Å²) in [5.41, 5.74) is 7.22. The van der Waals surface area contributed by atoms with Gasteiger partial charge in [-0.1, -0.05) is 6.07 Å². The Bertz CT molecular complexity index is 850. The van der Waals surface area contributed by atoms with Gasteiger partial charge in [0.2, 0.25) is 5.91 Å². The number of anilines is 1. The van der Waals surface area contributed by atoms with E-state index in [-0.39, 0.29) is 23.2 Å². The molecule has 0 aliphatic carbocycles. The van der Waals surface area contributed by atoms with Crippen molar-refractivity contribution in [3.63, 3.8) is 0 Å². The summed E-state index contributed by atoms with van der Waals surface area (Å²) in [6, 6.07) is 5.33. The SMILES string of the molecule is CC(=O)N1CCC[C@H]1COc1cccc2nc(C)c(C(=O)O)c(N)c12. The van der Waals surface area contributed by atoms with Crippen molar-refractivity contribution in [1.82, 2.24) is 9.88 Å². The van der Waals surface area contributed by atoms with Crippen molar-refractivity contribution in [2.75, 3.05) is 18.9 Å². The van der Waals surface area contributed by atoms with Gasteiger partial charge in [-0.3, -0.25) is 9.78 Å². The van der Waals surface area contributed by atoms with Crippen LogP contribution in [0.15, 0.2) is 18.2 Å². The summed E-state index contributed by atoms with van der Waals surface area (Å²) in [6.07, 6.45) is 1.84. The molecule has 1 amide bonds. The normalized spacial score (nSPS) is 17.0. The third kappa shape index (κ3) is 3.09. The van der Waals surface area contributed by atoms with E-state index in [2.05, 4.69) is 4.98 Å². The highest BCUT2D eigenvalue weighted by atomic mass is 16.5. The number of carboxylic acid groups (broad SMARTS) is 1. The first-order valence-corrected chi connectivity index (χ1v) is 8.22. The van der Waals surface area contributed by atoms with Crippen LogP contribution in [0.4, 0.5) is 5.69 Å². The molecule has 132 valence electrons. The van der Waals surface area contributed by atoms with Crippen LogP contribution in [0.25, 0.3) is 10.9 Å². The van der Waals surface area contributed by atoms with Gasteiger partial charge in [0.25, 0.3) is 0 Å². The minimum atomic E-state index is -1.11. The molecule has 1 aliphatic rings. The first-order chi connectivity index (χ1) is 11.9. The fourth-order valence-corrected chi connectivity index (χ4v) is 3.44. The van der Waals surface area contributed by atoms with Gasteiger partial charge in [0.1, 0.15) is 17.9 Å². The molecule has 1 atom stereocenters. The summed E-state index contributed by atoms with van der Waals surface area (Å²) < 4.78 is 5.93. The second-order valence-electron chi connectivity index (χ2n) is 6.26. The molecule has 25 heavy (non-hydrogen) atoms. The number of aryl methyl sites for hydroxylation is 1. The molecule has 1 saturated heterocycles. The molecule has 7 nitrogen and oxygen atoms in total. The Labute approximate surface area is 145 Å². The molecule has 0 saturated carbocycles. The third-order valence-corrected chi connectivity index (χ3v) is 4.62. The van der Waals surface area contributed by atoms with E-state index < -0.39 is 5.97 Å². The molecular weight excluding hydrogens is 322 g/mol. The number of nitrogens with two attached hydrogens (primary N) is 1. The van der Waals surface area contributed by atoms with E-state index in [1.54, 1.807) is 36.9 Å². The molecule has 2 heterocycles. The highest BCUT2D eigenvalue weighted by Gasteiger charge is 2.27. The van der Waals surface area contributed by atoms with E-state index in [4.69, 9.17) is 10.5 Å². The highest BCUT2D eigenvalue weighted by Crippen LogP contribution is 2.34. The maximum Gasteiger partial charge on any atom is 0.339 e. The molecule has 2 aromatic rings. The Hall–Kier alpha value is -2.83. The number of likely N-dealkylation sites (tertiary alicyclic amines) is 1. The van der Waals surface area contributed by atoms with Crippen LogP contribution in [0.2, 0.25) is 0 Å². The van der Waals surface area contributed by atoms with Gasteiger partial charge < -0.3 is 20.5 Å². The summed E-state index contributed by atoms with van der Waals surface area (Å²) in [7, 11) is 0. The molecular formula is C18H21N3O4. The summed E-state index contributed by atoms with van der Waals surface area (Å²) in [5, 5.41) is 9.89. The number of hydrogen-bond acceptors (Lipinski definition) is 5. The van der Waals surface area contributed by atoms with Crippen LogP contribution < -0.4 is 10.5 Å². The number of carboxylic acids is 1. The van der Waals surface area contributed by atoms with Gasteiger partial charge in [0.15, 0.2) is 0 Å². The van der Waals surface area contributed by atoms with Gasteiger partial charge in [-0.05, 0) is 31.9 Å². The number of nitrogen functional groups attached to an aromatic ring is 1. The molecule has 0 unspecified atom stereocenters. The van der Waals surface area contributed by atoms with E-state index in [0.717, 1.165) is 19.4 Å². The fourth-order valence-electron chi connectivity index (χ4n) is 3.44. The number of aromatic carboxylic acids is 1. The average molecular weight is 343 g/mol. The highest BCUT2D eigenvalue weighted by molar-refractivity contribution is 6.06. The Morgan fingerprint density at radius 3 is 2.88 bits per heavy atom. The first-order valence-electron chi connectivity index (χ1n) is 8.22. The van der Waals surface area contributed by atoms with Crippen molar-refractivity contribution in [1.29, 1.82) is 0 Å². The lowest BCUT2D eigenvalue weighted by molar-refractivity contribution is -0.130. The number of aromatic nitrogens is 1. The number of hydrogen-bond donors (Lipinski definition) is 2. The predicted molar refractivity (Wildman–Crippen MR) is 93.8 cm³/mol. The standard InChI is InChI=1S/C18H21N3O4/c1-10-15(18(23)24)17(19)16-13(20-10)6-3-7-14(16)25-9-12-5-4-8-21(12)11(2)22/h3,6-7,12H,4-5,8-9H2,1-2H3,(H2,19,20)(H,23,24)/t12-/m0/s1. The lowest BCUT2D eigenvalue weighted by atomic mass is 10.1. The predicted octanol–water partition coefficient (Wildman–Crippen LogP) is 2.21. The van der Waals surface area contributed by atoms with Gasteiger partial charge in [0, 0.05) is 13.5 Å². The minimum absolute atomic E-state index is 0.00483. The van der Waals surface area contributed by atoms with Crippen molar-refractivity contribution in [3.05, 3.63) is 29.5 Å². The van der Waals surface area contributed by atoms with Crippen molar-refractivity contribution < 1.29 is 19.4 Å². The zero-order valence-corrected chi connectivity index (χ0v) is 14.3. The number of rotatable bonds is 4. The van der Waals surface area contributed by atoms with Crippen LogP contribution in [0.1, 0.15) is 35.8 Å². The molecule has 1 aromatic carbocycles. The number of amides is 1. The van der Waals surface area contributed by atoms with Gasteiger partial charge in [-0.2, -0.15) is 0 Å². The molecule has 1 aromatic heterocycles. The number of benzene rings is 1. The quantitative estimate of drug-likeness (QED) is 0.882. The van der Waals surface area contributed by atoms with Crippen molar-refractivity contribution in [3.8, 4) is 5.75 Å². The maximum absolute atomic E-state index is 11.7. The van der Waals surface area contributed by atoms with Crippen LogP contribution in [-0.2, 0) is 4.79 Å². The number of fused-ring (bicyclic) bond motifs is 1. The zero-order valence-electron chi connectivity index (χ0n) is 14.3. The van der Waals surface area contributed by atoms with Crippen LogP contribution in [0.3, 0.4) is 0 Å². The van der Waals surface area contributed by atoms with Gasteiger partial charge in [-0.25, -0.2) is 4.79 Å². The Kier molecular flexibility index (Phi) is 4.48. The van der Waals surface area contributed by atoms with E-state index >= 15 is 0 Å². The van der Waals surface area contributed by atoms with Crippen LogP contribution >= 0.6 is 0 Å². The van der Waals surface area contributed by atoms with Crippen LogP contribution in [0, 0.1) is 6.92 Å². The number of pyridine rings is 1. The van der Waals surface area contributed by atoms with Gasteiger partial charge in [-0.15, -0.1) is 0 Å². The molecule has 0 bridgehead atoms. The minimum Gasteiger partial charge on any atom is -0.491 e. The van der Waals surface area contributed by atoms with E-state index in [9.17, 15) is 14.7 Å². The second-order valence-corrected chi connectivity index (χ2v) is 6.26. The Balaban J connectivity index is 1.95. The first kappa shape index (κ1) is 17.0. The van der Waals surface area contributed by atoms with Gasteiger partial charge >= 0.3 is 5.97 Å². The molecule has 3 rings (SSSR count). The lowest BCUT2D eigenvalue weighted by Crippen LogP contribution is -2.37. The van der Waals surface area contributed by atoms with E-state index in [1.165, 1.54) is 0 Å². The largest absolute Gasteiger partial charge is 0.491 e. The molecule has 0 spiro atoms. The van der Waals surface area contributed by atoms with Crippen LogP contribution in [-0.4, -0.2) is 46.1 Å². The molecule has 3 N–H and O–H groups in total. The molecule has 1 fully saturated rings. The van der Waals surface area contributed by atoms with Gasteiger partial charge in [0.05, 0.1) is 28.3 Å². The lowest BCUT2D eigenvalue weighted by Gasteiger charge is -2.24. The summed E-state index contributed by atoms with van der Waals surface area (Å²) in [5.74, 6) is -0.591. The fraction of sp³-hybridized carbons (Fsp3) is 0.389. The number of carbonyl (C=O) groups is 2. The number of nitrogens with zero attached hydrogens (tertiary/aromatic N) is 2. The van der Waals surface area contributed by atoms with Crippen molar-refractivity contribution >= 4 is 28.5 Å². The topological polar surface area (TPSA) is 106 Å². The average Bonchev–Trinajstić information content (AvgIpc) is 3.00. The second kappa shape index (κ2) is 6.58. The monoisotopic (exact) mass is 343 g/mol. The Morgan fingerprint density at radius 2 is 2.20 bits per heavy atom. The zero-order chi connectivity index (χ0) is 18.1. The number of ether oxygens (including phenoxy) is 1. The summed E-state index contributed by atoms with van der Waals surface area (Å²) in [4.78, 5) is 29.3. The Morgan fingerprint density at radius 1 is 1.44 bits per heavy atom. The maximum atomic E-state index is 11.7. The molecule has 0 radical (unpaired) electrons. The van der Waals surface area contributed by atoms with E-state index in [1.807, 2.05) is 0 Å². The van der Waals surface area contributed by atoms with Crippen molar-refractivity contribution in [2.45, 2.75) is 32.7 Å². The summed E-state index contributed by atoms with van der Waals surface area (Å²) in [6.45, 7) is 4.26.